The van der Waals surface area contributed by atoms with Gasteiger partial charge in [0.15, 0.2) is 11.5 Å². The number of rotatable bonds is 14. The minimum atomic E-state index is -1.54. The third-order valence-corrected chi connectivity index (χ3v) is 4.88. The Hall–Kier alpha value is -3.14. The van der Waals surface area contributed by atoms with E-state index in [1.807, 2.05) is 6.92 Å². The first kappa shape index (κ1) is 28.9. The molecule has 0 amide bonds. The van der Waals surface area contributed by atoms with Crippen molar-refractivity contribution in [3.8, 4) is 11.5 Å². The van der Waals surface area contributed by atoms with Gasteiger partial charge in [0.2, 0.25) is 0 Å². The maximum atomic E-state index is 12.4. The molecule has 0 bridgehead atoms. The summed E-state index contributed by atoms with van der Waals surface area (Å²) in [6, 6.07) is 4.53. The first-order valence-corrected chi connectivity index (χ1v) is 11.4. The molecule has 0 saturated carbocycles. The van der Waals surface area contributed by atoms with E-state index < -0.39 is 29.6 Å². The summed E-state index contributed by atoms with van der Waals surface area (Å²) in [6.07, 6.45) is 2.02. The molecule has 1 atom stereocenters. The van der Waals surface area contributed by atoms with Crippen LogP contribution in [0, 0.1) is 0 Å². The Labute approximate surface area is 200 Å². The molecule has 0 saturated heterocycles. The average Bonchev–Trinajstić information content (AvgIpc) is 2.82. The molecule has 0 radical (unpaired) electrons. The van der Waals surface area contributed by atoms with Crippen molar-refractivity contribution in [1.82, 2.24) is 0 Å². The first-order valence-electron chi connectivity index (χ1n) is 11.4. The summed E-state index contributed by atoms with van der Waals surface area (Å²) in [5, 5.41) is 0. The summed E-state index contributed by atoms with van der Waals surface area (Å²) >= 11 is 0. The maximum absolute atomic E-state index is 12.4. The topological polar surface area (TPSA) is 140 Å². The van der Waals surface area contributed by atoms with Crippen LogP contribution in [-0.4, -0.2) is 49.9 Å². The van der Waals surface area contributed by atoms with Crippen LogP contribution < -0.4 is 15.2 Å². The fraction of sp³-hybridized carbons (Fsp3) is 0.583. The average molecular weight is 482 g/mol. The standard InChI is InChI=1S/C24H35NO9/c1-5-8-9-13-31-23(29)32-14-12-24(25,22(28)30-4)16-17-10-11-18(33-20(26)6-2)19(15-17)34-21(27)7-3/h10-11,15H,5-9,12-14,16,25H2,1-4H3/t24-/m1/s1. The van der Waals surface area contributed by atoms with Crippen molar-refractivity contribution >= 4 is 24.1 Å². The van der Waals surface area contributed by atoms with Gasteiger partial charge in [0.25, 0.3) is 0 Å². The molecule has 0 aliphatic carbocycles. The van der Waals surface area contributed by atoms with E-state index in [0.29, 0.717) is 5.56 Å². The summed E-state index contributed by atoms with van der Waals surface area (Å²) in [6.45, 7) is 5.39. The molecule has 0 aromatic heterocycles. The molecule has 0 spiro atoms. The molecule has 1 aromatic rings. The fourth-order valence-corrected chi connectivity index (χ4v) is 2.91. The van der Waals surface area contributed by atoms with Gasteiger partial charge in [-0.2, -0.15) is 0 Å². The van der Waals surface area contributed by atoms with Crippen molar-refractivity contribution in [2.75, 3.05) is 20.3 Å². The van der Waals surface area contributed by atoms with Crippen molar-refractivity contribution in [2.24, 2.45) is 5.73 Å². The number of methoxy groups -OCH3 is 1. The first-order chi connectivity index (χ1) is 16.2. The number of carbonyl (C=O) groups is 4. The van der Waals surface area contributed by atoms with Crippen LogP contribution in [0.4, 0.5) is 4.79 Å². The second-order valence-corrected chi connectivity index (χ2v) is 7.66. The Bertz CT molecular complexity index is 840. The largest absolute Gasteiger partial charge is 0.508 e. The van der Waals surface area contributed by atoms with Crippen LogP contribution in [0.15, 0.2) is 18.2 Å². The second kappa shape index (κ2) is 14.9. The van der Waals surface area contributed by atoms with Gasteiger partial charge in [-0.3, -0.25) is 14.4 Å². The Morgan fingerprint density at radius 3 is 2.09 bits per heavy atom. The molecule has 0 heterocycles. The minimum absolute atomic E-state index is 0.0206. The van der Waals surface area contributed by atoms with Gasteiger partial charge in [-0.25, -0.2) is 4.79 Å². The van der Waals surface area contributed by atoms with Crippen molar-refractivity contribution in [2.45, 2.75) is 71.3 Å². The lowest BCUT2D eigenvalue weighted by Crippen LogP contribution is -2.51. The molecule has 0 aliphatic heterocycles. The highest BCUT2D eigenvalue weighted by Crippen LogP contribution is 2.31. The van der Waals surface area contributed by atoms with Gasteiger partial charge in [-0.05, 0) is 24.1 Å². The highest BCUT2D eigenvalue weighted by molar-refractivity contribution is 5.81. The van der Waals surface area contributed by atoms with Gasteiger partial charge in [-0.15, -0.1) is 0 Å². The monoisotopic (exact) mass is 481 g/mol. The fourth-order valence-electron chi connectivity index (χ4n) is 2.91. The van der Waals surface area contributed by atoms with E-state index in [4.69, 9.17) is 29.4 Å². The van der Waals surface area contributed by atoms with Gasteiger partial charge < -0.3 is 29.4 Å². The number of unbranched alkanes of at least 4 members (excludes halogenated alkanes) is 2. The zero-order chi connectivity index (χ0) is 25.6. The predicted octanol–water partition coefficient (Wildman–Crippen LogP) is 3.46. The zero-order valence-corrected chi connectivity index (χ0v) is 20.3. The van der Waals surface area contributed by atoms with Crippen LogP contribution in [0.5, 0.6) is 11.5 Å². The Balaban J connectivity index is 2.95. The summed E-state index contributed by atoms with van der Waals surface area (Å²) < 4.78 is 25.4. The van der Waals surface area contributed by atoms with E-state index >= 15 is 0 Å². The Morgan fingerprint density at radius 2 is 1.50 bits per heavy atom. The van der Waals surface area contributed by atoms with Gasteiger partial charge >= 0.3 is 24.1 Å². The van der Waals surface area contributed by atoms with Crippen LogP contribution >= 0.6 is 0 Å². The molecular weight excluding hydrogens is 446 g/mol. The number of hydrogen-bond donors (Lipinski definition) is 1. The van der Waals surface area contributed by atoms with Crippen molar-refractivity contribution in [3.63, 3.8) is 0 Å². The maximum Gasteiger partial charge on any atom is 0.508 e. The van der Waals surface area contributed by atoms with Crippen LogP contribution in [0.2, 0.25) is 0 Å². The van der Waals surface area contributed by atoms with E-state index in [1.165, 1.54) is 19.2 Å². The summed E-state index contributed by atoms with van der Waals surface area (Å²) in [7, 11) is 1.20. The molecule has 1 aromatic carbocycles. The van der Waals surface area contributed by atoms with E-state index in [1.54, 1.807) is 19.9 Å². The van der Waals surface area contributed by atoms with Crippen molar-refractivity contribution in [1.29, 1.82) is 0 Å². The van der Waals surface area contributed by atoms with E-state index in [2.05, 4.69) is 0 Å². The number of carbonyl (C=O) groups excluding carboxylic acids is 4. The molecule has 10 heteroatoms. The van der Waals surface area contributed by atoms with Gasteiger partial charge in [0.05, 0.1) is 20.3 Å². The summed E-state index contributed by atoms with van der Waals surface area (Å²) in [5.74, 6) is -1.62. The third-order valence-electron chi connectivity index (χ3n) is 4.88. The van der Waals surface area contributed by atoms with Gasteiger partial charge in [0.1, 0.15) is 5.54 Å². The predicted molar refractivity (Wildman–Crippen MR) is 122 cm³/mol. The molecule has 34 heavy (non-hydrogen) atoms. The lowest BCUT2D eigenvalue weighted by molar-refractivity contribution is -0.147. The Morgan fingerprint density at radius 1 is 0.882 bits per heavy atom. The molecule has 1 rings (SSSR count). The number of benzene rings is 1. The number of ether oxygens (including phenoxy) is 5. The molecule has 2 N–H and O–H groups in total. The lowest BCUT2D eigenvalue weighted by Gasteiger charge is -2.26. The van der Waals surface area contributed by atoms with Gasteiger partial charge in [-0.1, -0.05) is 39.7 Å². The van der Waals surface area contributed by atoms with E-state index in [9.17, 15) is 19.2 Å². The quantitative estimate of drug-likeness (QED) is 0.238. The van der Waals surface area contributed by atoms with Gasteiger partial charge in [0, 0.05) is 25.7 Å². The smallest absolute Gasteiger partial charge is 0.468 e. The SMILES string of the molecule is CCCCCOC(=O)OCC[C@@](N)(Cc1ccc(OC(=O)CC)c(OC(=O)CC)c1)C(=O)OC. The van der Waals surface area contributed by atoms with Crippen LogP contribution in [0.1, 0.15) is 64.9 Å². The number of nitrogens with two attached hydrogens (primary N) is 1. The number of esters is 3. The van der Waals surface area contributed by atoms with Crippen molar-refractivity contribution < 1.29 is 42.9 Å². The summed E-state index contributed by atoms with van der Waals surface area (Å²) in [4.78, 5) is 47.7. The molecular formula is C24H35NO9. The van der Waals surface area contributed by atoms with E-state index in [0.717, 1.165) is 19.3 Å². The lowest BCUT2D eigenvalue weighted by atomic mass is 9.88. The molecule has 0 unspecified atom stereocenters. The second-order valence-electron chi connectivity index (χ2n) is 7.66. The van der Waals surface area contributed by atoms with Crippen molar-refractivity contribution in [3.05, 3.63) is 23.8 Å². The zero-order valence-electron chi connectivity index (χ0n) is 20.3. The Kier molecular flexibility index (Phi) is 12.7. The highest BCUT2D eigenvalue weighted by Gasteiger charge is 2.36. The minimum Gasteiger partial charge on any atom is -0.468 e. The molecule has 190 valence electrons. The summed E-state index contributed by atoms with van der Waals surface area (Å²) in [5.41, 5.74) is 5.31. The van der Waals surface area contributed by atoms with Crippen LogP contribution in [0.25, 0.3) is 0 Å². The molecule has 0 fully saturated rings. The van der Waals surface area contributed by atoms with Crippen LogP contribution in [-0.2, 0) is 35.0 Å². The normalized spacial score (nSPS) is 12.3. The third kappa shape index (κ3) is 9.78. The van der Waals surface area contributed by atoms with Crippen LogP contribution in [0.3, 0.4) is 0 Å². The highest BCUT2D eigenvalue weighted by atomic mass is 16.7. The van der Waals surface area contributed by atoms with E-state index in [-0.39, 0.29) is 50.4 Å². The molecule has 10 nitrogen and oxygen atoms in total. The number of hydrogen-bond acceptors (Lipinski definition) is 10. The molecule has 0 aliphatic rings.